The molecule has 92 valence electrons. The first-order valence-corrected chi connectivity index (χ1v) is 5.67. The number of rotatable bonds is 0. The van der Waals surface area contributed by atoms with Gasteiger partial charge in [0.05, 0.1) is 10.9 Å². The number of hydrogen-bond acceptors (Lipinski definition) is 3. The molecule has 0 aromatic carbocycles. The maximum Gasteiger partial charge on any atom is 0.255 e. The highest BCUT2D eigenvalue weighted by Crippen LogP contribution is 2.13. The molecule has 2 heterocycles. The minimum Gasteiger partial charge on any atom is -0.326 e. The fraction of sp³-hybridized carbons (Fsp3) is 0.364. The molecule has 0 radical (unpaired) electrons. The highest BCUT2D eigenvalue weighted by molar-refractivity contribution is 7.71. The molecule has 4 nitrogen and oxygen atoms in total. The van der Waals surface area contributed by atoms with Crippen molar-refractivity contribution in [1.82, 2.24) is 14.5 Å². The van der Waals surface area contributed by atoms with Crippen LogP contribution in [0.1, 0.15) is 19.4 Å². The van der Waals surface area contributed by atoms with Gasteiger partial charge in [0.25, 0.3) is 5.56 Å². The standard InChI is InChI=1S/C9H8FN3OS.C2H6/c1-4-6(10)5-3-13(2)9(15)12-7(5)11-8(4)14;1-2/h3H,1-2H3,(H,11,12,14,15);1-2H3. The van der Waals surface area contributed by atoms with E-state index in [1.807, 2.05) is 13.8 Å². The molecule has 0 saturated heterocycles. The summed E-state index contributed by atoms with van der Waals surface area (Å²) in [6.45, 7) is 5.43. The summed E-state index contributed by atoms with van der Waals surface area (Å²) in [6.07, 6.45) is 1.52. The average Bonchev–Trinajstić information content (AvgIpc) is 2.32. The molecule has 1 N–H and O–H groups in total. The van der Waals surface area contributed by atoms with E-state index in [1.165, 1.54) is 17.7 Å². The van der Waals surface area contributed by atoms with Crippen molar-refractivity contribution in [2.45, 2.75) is 20.8 Å². The van der Waals surface area contributed by atoms with Crippen LogP contribution in [0.2, 0.25) is 0 Å². The number of halogens is 1. The SMILES string of the molecule is CC.Cc1c(F)c2cn(C)c(=S)nc2[nH]c1=O. The summed E-state index contributed by atoms with van der Waals surface area (Å²) in [7, 11) is 1.68. The normalized spacial score (nSPS) is 9.94. The quantitative estimate of drug-likeness (QED) is 0.736. The van der Waals surface area contributed by atoms with Gasteiger partial charge in [-0.3, -0.25) is 4.79 Å². The molecule has 0 fully saturated rings. The third kappa shape index (κ3) is 2.41. The van der Waals surface area contributed by atoms with E-state index in [0.29, 0.717) is 4.77 Å². The zero-order valence-corrected chi connectivity index (χ0v) is 11.0. The monoisotopic (exact) mass is 255 g/mol. The molecule has 0 bridgehead atoms. The second-order valence-electron chi connectivity index (χ2n) is 3.29. The Morgan fingerprint density at radius 2 is 2.06 bits per heavy atom. The van der Waals surface area contributed by atoms with Crippen LogP contribution in [-0.2, 0) is 7.05 Å². The minimum absolute atomic E-state index is 0.0569. The number of aromatic amines is 1. The molecule has 0 aliphatic rings. The van der Waals surface area contributed by atoms with E-state index in [9.17, 15) is 9.18 Å². The van der Waals surface area contributed by atoms with Gasteiger partial charge < -0.3 is 9.55 Å². The Labute approximate surface area is 103 Å². The van der Waals surface area contributed by atoms with Gasteiger partial charge in [0, 0.05) is 13.2 Å². The van der Waals surface area contributed by atoms with Crippen molar-refractivity contribution in [3.63, 3.8) is 0 Å². The molecular weight excluding hydrogens is 241 g/mol. The van der Waals surface area contributed by atoms with Gasteiger partial charge in [-0.05, 0) is 19.1 Å². The highest BCUT2D eigenvalue weighted by atomic mass is 32.1. The number of aromatic nitrogens is 3. The zero-order valence-electron chi connectivity index (χ0n) is 10.2. The first-order valence-electron chi connectivity index (χ1n) is 5.26. The van der Waals surface area contributed by atoms with Crippen LogP contribution in [0.25, 0.3) is 11.0 Å². The van der Waals surface area contributed by atoms with Crippen LogP contribution in [0.15, 0.2) is 11.0 Å². The Kier molecular flexibility index (Phi) is 4.11. The second-order valence-corrected chi connectivity index (χ2v) is 3.65. The smallest absolute Gasteiger partial charge is 0.255 e. The molecule has 0 aliphatic carbocycles. The van der Waals surface area contributed by atoms with E-state index in [0.717, 1.165) is 0 Å². The Morgan fingerprint density at radius 3 is 2.65 bits per heavy atom. The van der Waals surface area contributed by atoms with Gasteiger partial charge in [-0.15, -0.1) is 0 Å². The van der Waals surface area contributed by atoms with Gasteiger partial charge in [-0.25, -0.2) is 9.37 Å². The second kappa shape index (κ2) is 5.18. The van der Waals surface area contributed by atoms with E-state index in [4.69, 9.17) is 12.2 Å². The van der Waals surface area contributed by atoms with E-state index in [1.54, 1.807) is 7.05 Å². The van der Waals surface area contributed by atoms with Gasteiger partial charge in [0.1, 0.15) is 11.5 Å². The van der Waals surface area contributed by atoms with Crippen LogP contribution in [0, 0.1) is 17.5 Å². The molecule has 0 saturated carbocycles. The predicted octanol–water partition coefficient (Wildman–Crippen LogP) is 2.46. The molecule has 0 unspecified atom stereocenters. The van der Waals surface area contributed by atoms with Crippen molar-refractivity contribution in [2.24, 2.45) is 7.05 Å². The van der Waals surface area contributed by atoms with Crippen LogP contribution in [-0.4, -0.2) is 14.5 Å². The summed E-state index contributed by atoms with van der Waals surface area (Å²) >= 11 is 4.91. The fourth-order valence-electron chi connectivity index (χ4n) is 1.30. The molecule has 0 aliphatic heterocycles. The largest absolute Gasteiger partial charge is 0.326 e. The summed E-state index contributed by atoms with van der Waals surface area (Å²) in [5.41, 5.74) is -0.233. The predicted molar refractivity (Wildman–Crippen MR) is 68.2 cm³/mol. The van der Waals surface area contributed by atoms with Crippen LogP contribution in [0.4, 0.5) is 4.39 Å². The lowest BCUT2D eigenvalue weighted by Gasteiger charge is -2.04. The van der Waals surface area contributed by atoms with E-state index in [2.05, 4.69) is 9.97 Å². The molecule has 17 heavy (non-hydrogen) atoms. The topological polar surface area (TPSA) is 50.7 Å². The Hall–Kier alpha value is -1.56. The van der Waals surface area contributed by atoms with E-state index in [-0.39, 0.29) is 16.6 Å². The Bertz CT molecular complexity index is 655. The number of pyridine rings is 1. The number of fused-ring (bicyclic) bond motifs is 1. The zero-order chi connectivity index (χ0) is 13.2. The third-order valence-corrected chi connectivity index (χ3v) is 2.60. The lowest BCUT2D eigenvalue weighted by Crippen LogP contribution is -2.13. The third-order valence-electron chi connectivity index (χ3n) is 2.23. The van der Waals surface area contributed by atoms with Crippen molar-refractivity contribution in [2.75, 3.05) is 0 Å². The van der Waals surface area contributed by atoms with Crippen molar-refractivity contribution in [3.8, 4) is 0 Å². The maximum absolute atomic E-state index is 13.7. The van der Waals surface area contributed by atoms with Crippen LogP contribution in [0.5, 0.6) is 0 Å². The van der Waals surface area contributed by atoms with Crippen molar-refractivity contribution >= 4 is 23.3 Å². The maximum atomic E-state index is 13.7. The molecule has 2 aromatic rings. The lowest BCUT2D eigenvalue weighted by molar-refractivity contribution is 0.624. The minimum atomic E-state index is -0.549. The first-order chi connectivity index (χ1) is 8.00. The van der Waals surface area contributed by atoms with Crippen molar-refractivity contribution < 1.29 is 4.39 Å². The number of nitrogens with one attached hydrogen (secondary N) is 1. The van der Waals surface area contributed by atoms with Crippen LogP contribution >= 0.6 is 12.2 Å². The fourth-order valence-corrected chi connectivity index (χ4v) is 1.45. The lowest BCUT2D eigenvalue weighted by atomic mass is 10.2. The van der Waals surface area contributed by atoms with Crippen molar-refractivity contribution in [3.05, 3.63) is 32.7 Å². The number of nitrogens with zero attached hydrogens (tertiary/aromatic N) is 2. The molecule has 0 atom stereocenters. The summed E-state index contributed by atoms with van der Waals surface area (Å²) in [6, 6.07) is 0. The molecular formula is C11H14FN3OS. The van der Waals surface area contributed by atoms with E-state index >= 15 is 0 Å². The van der Waals surface area contributed by atoms with Crippen LogP contribution in [0.3, 0.4) is 0 Å². The molecule has 2 rings (SSSR count). The highest BCUT2D eigenvalue weighted by Gasteiger charge is 2.09. The van der Waals surface area contributed by atoms with Gasteiger partial charge in [0.2, 0.25) is 4.77 Å². The van der Waals surface area contributed by atoms with Gasteiger partial charge in [-0.1, -0.05) is 13.8 Å². The number of hydrogen-bond donors (Lipinski definition) is 1. The molecule has 0 amide bonds. The summed E-state index contributed by atoms with van der Waals surface area (Å²) in [4.78, 5) is 17.7. The molecule has 0 spiro atoms. The van der Waals surface area contributed by atoms with E-state index < -0.39 is 11.4 Å². The Balaban J connectivity index is 0.000000686. The number of aryl methyl sites for hydroxylation is 1. The number of H-pyrrole nitrogens is 1. The van der Waals surface area contributed by atoms with Gasteiger partial charge in [0.15, 0.2) is 0 Å². The summed E-state index contributed by atoms with van der Waals surface area (Å²) < 4.78 is 15.5. The van der Waals surface area contributed by atoms with Gasteiger partial charge >= 0.3 is 0 Å². The van der Waals surface area contributed by atoms with Crippen LogP contribution < -0.4 is 5.56 Å². The summed E-state index contributed by atoms with van der Waals surface area (Å²) in [5, 5.41) is 0.267. The van der Waals surface area contributed by atoms with Crippen molar-refractivity contribution in [1.29, 1.82) is 0 Å². The average molecular weight is 255 g/mol. The molecule has 2 aromatic heterocycles. The molecule has 6 heteroatoms. The Morgan fingerprint density at radius 1 is 1.47 bits per heavy atom. The summed E-state index contributed by atoms with van der Waals surface area (Å²) in [5.74, 6) is -0.549. The van der Waals surface area contributed by atoms with Gasteiger partial charge in [-0.2, -0.15) is 0 Å². The first kappa shape index (κ1) is 13.5.